The number of carbonyl (C=O) groups excluding carboxylic acids is 1. The molecule has 0 atom stereocenters. The fourth-order valence-corrected chi connectivity index (χ4v) is 4.57. The number of likely N-dealkylation sites (N-methyl/N-ethyl adjacent to an activating group) is 1. The van der Waals surface area contributed by atoms with E-state index in [2.05, 4.69) is 4.72 Å². The molecule has 5 nitrogen and oxygen atoms in total. The Labute approximate surface area is 144 Å². The predicted octanol–water partition coefficient (Wildman–Crippen LogP) is 3.04. The number of amides is 1. The van der Waals surface area contributed by atoms with E-state index < -0.39 is 10.0 Å². The minimum Gasteiger partial charge on any atom is -0.312 e. The number of thiophene rings is 1. The molecule has 1 aromatic carbocycles. The topological polar surface area (TPSA) is 66.5 Å². The molecule has 1 N–H and O–H groups in total. The molecule has 0 saturated heterocycles. The highest BCUT2D eigenvalue weighted by Gasteiger charge is 2.20. The van der Waals surface area contributed by atoms with Gasteiger partial charge in [-0.3, -0.25) is 4.79 Å². The third-order valence-corrected chi connectivity index (χ3v) is 6.28. The molecule has 0 fully saturated rings. The van der Waals surface area contributed by atoms with Crippen molar-refractivity contribution < 1.29 is 13.2 Å². The van der Waals surface area contributed by atoms with Crippen LogP contribution in [0.1, 0.15) is 12.5 Å². The molecule has 0 unspecified atom stereocenters. The Morgan fingerprint density at radius 3 is 2.61 bits per heavy atom. The number of rotatable bonds is 6. The SMILES string of the molecule is CCN(C(=O)CNS(=O)(=O)c1ccc(Cl)s1)c1cccc(C)c1. The normalized spacial score (nSPS) is 11.4. The molecule has 0 aliphatic carbocycles. The van der Waals surface area contributed by atoms with Crippen molar-refractivity contribution in [1.29, 1.82) is 0 Å². The zero-order valence-electron chi connectivity index (χ0n) is 12.7. The number of nitrogens with one attached hydrogen (secondary N) is 1. The van der Waals surface area contributed by atoms with Crippen molar-refractivity contribution >= 4 is 44.6 Å². The molecule has 0 radical (unpaired) electrons. The van der Waals surface area contributed by atoms with Crippen LogP contribution in [0.25, 0.3) is 0 Å². The summed E-state index contributed by atoms with van der Waals surface area (Å²) in [5, 5.41) is 0. The number of benzene rings is 1. The van der Waals surface area contributed by atoms with E-state index in [0.29, 0.717) is 10.9 Å². The third kappa shape index (κ3) is 4.54. The number of sulfonamides is 1. The number of halogens is 1. The van der Waals surface area contributed by atoms with Crippen LogP contribution >= 0.6 is 22.9 Å². The molecule has 23 heavy (non-hydrogen) atoms. The van der Waals surface area contributed by atoms with Gasteiger partial charge >= 0.3 is 0 Å². The van der Waals surface area contributed by atoms with Gasteiger partial charge in [-0.25, -0.2) is 13.1 Å². The Kier molecular flexibility index (Phi) is 5.80. The molecule has 8 heteroatoms. The lowest BCUT2D eigenvalue weighted by atomic mass is 10.2. The van der Waals surface area contributed by atoms with E-state index in [1.807, 2.05) is 38.1 Å². The minimum atomic E-state index is -3.73. The van der Waals surface area contributed by atoms with Crippen LogP contribution in [0.3, 0.4) is 0 Å². The van der Waals surface area contributed by atoms with Crippen LogP contribution in [-0.4, -0.2) is 27.4 Å². The van der Waals surface area contributed by atoms with Gasteiger partial charge in [0.2, 0.25) is 5.91 Å². The molecular weight excluding hydrogens is 356 g/mol. The molecular formula is C15H17ClN2O3S2. The second-order valence-corrected chi connectivity index (χ2v) is 8.57. The van der Waals surface area contributed by atoms with Crippen molar-refractivity contribution in [2.24, 2.45) is 0 Å². The van der Waals surface area contributed by atoms with Crippen LogP contribution in [0, 0.1) is 6.92 Å². The Morgan fingerprint density at radius 2 is 2.04 bits per heavy atom. The molecule has 0 bridgehead atoms. The van der Waals surface area contributed by atoms with Gasteiger partial charge in [0.05, 0.1) is 10.9 Å². The lowest BCUT2D eigenvalue weighted by Gasteiger charge is -2.21. The van der Waals surface area contributed by atoms with Gasteiger partial charge in [-0.15, -0.1) is 11.3 Å². The molecule has 0 aliphatic rings. The maximum atomic E-state index is 12.3. The van der Waals surface area contributed by atoms with E-state index in [1.54, 1.807) is 0 Å². The van der Waals surface area contributed by atoms with Gasteiger partial charge in [-0.05, 0) is 43.7 Å². The number of aryl methyl sites for hydroxylation is 1. The molecule has 1 heterocycles. The summed E-state index contributed by atoms with van der Waals surface area (Å²) in [6.45, 7) is 3.92. The van der Waals surface area contributed by atoms with Gasteiger partial charge < -0.3 is 4.90 Å². The first-order valence-electron chi connectivity index (χ1n) is 6.95. The molecule has 1 amide bonds. The monoisotopic (exact) mass is 372 g/mol. The molecule has 0 aliphatic heterocycles. The molecule has 2 aromatic rings. The summed E-state index contributed by atoms with van der Waals surface area (Å²) < 4.78 is 27.0. The van der Waals surface area contributed by atoms with Gasteiger partial charge in [-0.1, -0.05) is 23.7 Å². The summed E-state index contributed by atoms with van der Waals surface area (Å²) in [6.07, 6.45) is 0. The highest BCUT2D eigenvalue weighted by atomic mass is 35.5. The lowest BCUT2D eigenvalue weighted by molar-refractivity contribution is -0.117. The Balaban J connectivity index is 2.08. The Morgan fingerprint density at radius 1 is 1.30 bits per heavy atom. The van der Waals surface area contributed by atoms with Crippen molar-refractivity contribution in [3.8, 4) is 0 Å². The number of carbonyl (C=O) groups is 1. The molecule has 0 spiro atoms. The first kappa shape index (κ1) is 17.9. The summed E-state index contributed by atoms with van der Waals surface area (Å²) in [4.78, 5) is 13.9. The summed E-state index contributed by atoms with van der Waals surface area (Å²) >= 11 is 6.70. The first-order valence-corrected chi connectivity index (χ1v) is 9.63. The number of anilines is 1. The maximum Gasteiger partial charge on any atom is 0.250 e. The van der Waals surface area contributed by atoms with Gasteiger partial charge in [-0.2, -0.15) is 0 Å². The zero-order valence-corrected chi connectivity index (χ0v) is 15.1. The zero-order chi connectivity index (χ0) is 17.0. The van der Waals surface area contributed by atoms with E-state index in [9.17, 15) is 13.2 Å². The number of hydrogen-bond acceptors (Lipinski definition) is 4. The van der Waals surface area contributed by atoms with Crippen molar-refractivity contribution in [2.45, 2.75) is 18.1 Å². The van der Waals surface area contributed by atoms with Gasteiger partial charge in [0.15, 0.2) is 0 Å². The van der Waals surface area contributed by atoms with Crippen LogP contribution in [0.15, 0.2) is 40.6 Å². The summed E-state index contributed by atoms with van der Waals surface area (Å²) in [6, 6.07) is 10.4. The third-order valence-electron chi connectivity index (χ3n) is 3.16. The minimum absolute atomic E-state index is 0.0916. The predicted molar refractivity (Wildman–Crippen MR) is 93.7 cm³/mol. The fourth-order valence-electron chi connectivity index (χ4n) is 2.06. The quantitative estimate of drug-likeness (QED) is 0.847. The second-order valence-electron chi connectivity index (χ2n) is 4.86. The summed E-state index contributed by atoms with van der Waals surface area (Å²) in [5.41, 5.74) is 1.78. The van der Waals surface area contributed by atoms with E-state index in [0.717, 1.165) is 22.6 Å². The van der Waals surface area contributed by atoms with Gasteiger partial charge in [0, 0.05) is 12.2 Å². The number of nitrogens with zero attached hydrogens (tertiary/aromatic N) is 1. The van der Waals surface area contributed by atoms with Crippen molar-refractivity contribution in [3.05, 3.63) is 46.3 Å². The maximum absolute atomic E-state index is 12.3. The van der Waals surface area contributed by atoms with E-state index in [1.165, 1.54) is 17.0 Å². The fraction of sp³-hybridized carbons (Fsp3) is 0.267. The van der Waals surface area contributed by atoms with Crippen LogP contribution in [-0.2, 0) is 14.8 Å². The number of hydrogen-bond donors (Lipinski definition) is 1. The molecule has 2 rings (SSSR count). The van der Waals surface area contributed by atoms with Crippen LogP contribution < -0.4 is 9.62 Å². The van der Waals surface area contributed by atoms with Crippen molar-refractivity contribution in [1.82, 2.24) is 4.72 Å². The molecule has 0 saturated carbocycles. The summed E-state index contributed by atoms with van der Waals surface area (Å²) in [7, 11) is -3.73. The average Bonchev–Trinajstić information content (AvgIpc) is 2.94. The summed E-state index contributed by atoms with van der Waals surface area (Å²) in [5.74, 6) is -0.315. The van der Waals surface area contributed by atoms with E-state index in [4.69, 9.17) is 11.6 Å². The van der Waals surface area contributed by atoms with Gasteiger partial charge in [0.25, 0.3) is 10.0 Å². The van der Waals surface area contributed by atoms with Crippen molar-refractivity contribution in [2.75, 3.05) is 18.0 Å². The Bertz CT molecular complexity index is 803. The van der Waals surface area contributed by atoms with Crippen molar-refractivity contribution in [3.63, 3.8) is 0 Å². The standard InChI is InChI=1S/C15H17ClN2O3S2/c1-3-18(12-6-4-5-11(2)9-12)14(19)10-17-23(20,21)15-8-7-13(16)22-15/h4-9,17H,3,10H2,1-2H3. The second kappa shape index (κ2) is 7.44. The highest BCUT2D eigenvalue weighted by Crippen LogP contribution is 2.25. The lowest BCUT2D eigenvalue weighted by Crippen LogP contribution is -2.40. The van der Waals surface area contributed by atoms with Crippen LogP contribution in [0.2, 0.25) is 4.34 Å². The molecule has 1 aromatic heterocycles. The highest BCUT2D eigenvalue weighted by molar-refractivity contribution is 7.91. The average molecular weight is 373 g/mol. The van der Waals surface area contributed by atoms with E-state index >= 15 is 0 Å². The van der Waals surface area contributed by atoms with Crippen LogP contribution in [0.5, 0.6) is 0 Å². The largest absolute Gasteiger partial charge is 0.312 e. The van der Waals surface area contributed by atoms with Gasteiger partial charge in [0.1, 0.15) is 4.21 Å². The van der Waals surface area contributed by atoms with Crippen LogP contribution in [0.4, 0.5) is 5.69 Å². The first-order chi connectivity index (χ1) is 10.8. The Hall–Kier alpha value is -1.41. The smallest absolute Gasteiger partial charge is 0.250 e. The van der Waals surface area contributed by atoms with E-state index in [-0.39, 0.29) is 16.7 Å². The molecule has 124 valence electrons.